The number of hydrogen-bond donors (Lipinski definition) is 0. The van der Waals surface area contributed by atoms with Gasteiger partial charge in [0.1, 0.15) is 0 Å². The highest BCUT2D eigenvalue weighted by molar-refractivity contribution is 14.1. The van der Waals surface area contributed by atoms with Crippen LogP contribution in [0.2, 0.25) is 0 Å². The average Bonchev–Trinajstić information content (AvgIpc) is 2.30. The van der Waals surface area contributed by atoms with Gasteiger partial charge in [-0.15, -0.1) is 0 Å². The minimum Gasteiger partial charge on any atom is -0.372 e. The van der Waals surface area contributed by atoms with E-state index in [0.717, 1.165) is 4.43 Å². The Morgan fingerprint density at radius 1 is 1.15 bits per heavy atom. The topological polar surface area (TPSA) is 9.23 Å². The molecule has 0 bridgehead atoms. The second kappa shape index (κ2) is 5.54. The van der Waals surface area contributed by atoms with E-state index in [1.54, 1.807) is 0 Å². The van der Waals surface area contributed by atoms with E-state index in [4.69, 9.17) is 4.74 Å². The molecule has 78 valence electrons. The molecular formula is C11H21IO. The number of halogens is 1. The Labute approximate surface area is 95.8 Å². The van der Waals surface area contributed by atoms with Crippen molar-refractivity contribution in [2.45, 2.75) is 64.1 Å². The number of ether oxygens (including phenoxy) is 1. The Bertz CT molecular complexity index is 137. The number of hydrogen-bond acceptors (Lipinski definition) is 1. The maximum atomic E-state index is 6.10. The maximum absolute atomic E-state index is 6.10. The van der Waals surface area contributed by atoms with E-state index >= 15 is 0 Å². The molecule has 1 aliphatic carbocycles. The van der Waals surface area contributed by atoms with Crippen molar-refractivity contribution in [2.75, 3.05) is 4.43 Å². The molecule has 1 aliphatic rings. The zero-order valence-electron chi connectivity index (χ0n) is 8.81. The van der Waals surface area contributed by atoms with Crippen LogP contribution in [0.4, 0.5) is 0 Å². The molecule has 0 heterocycles. The van der Waals surface area contributed by atoms with E-state index in [-0.39, 0.29) is 5.60 Å². The van der Waals surface area contributed by atoms with Gasteiger partial charge in [0.25, 0.3) is 0 Å². The number of alkyl halides is 1. The summed E-state index contributed by atoms with van der Waals surface area (Å²) in [5.41, 5.74) is 0.214. The summed E-state index contributed by atoms with van der Waals surface area (Å²) in [6.45, 7) is 4.30. The standard InChI is InChI=1S/C11H21IO/c1-10(2)13-11(9-12)7-5-3-4-6-8-11/h10H,3-9H2,1-2H3. The predicted octanol–water partition coefficient (Wildman–Crippen LogP) is 3.94. The van der Waals surface area contributed by atoms with Crippen LogP contribution in [0.3, 0.4) is 0 Å². The van der Waals surface area contributed by atoms with Crippen molar-refractivity contribution in [1.29, 1.82) is 0 Å². The van der Waals surface area contributed by atoms with Gasteiger partial charge in [-0.1, -0.05) is 48.3 Å². The largest absolute Gasteiger partial charge is 0.372 e. The first kappa shape index (κ1) is 11.8. The fraction of sp³-hybridized carbons (Fsp3) is 1.00. The molecule has 1 rings (SSSR count). The maximum Gasteiger partial charge on any atom is 0.0775 e. The summed E-state index contributed by atoms with van der Waals surface area (Å²) in [5.74, 6) is 0. The Morgan fingerprint density at radius 2 is 1.69 bits per heavy atom. The van der Waals surface area contributed by atoms with Gasteiger partial charge in [-0.3, -0.25) is 0 Å². The van der Waals surface area contributed by atoms with Crippen molar-refractivity contribution in [3.63, 3.8) is 0 Å². The summed E-state index contributed by atoms with van der Waals surface area (Å²) in [6.07, 6.45) is 8.45. The van der Waals surface area contributed by atoms with E-state index in [1.807, 2.05) is 0 Å². The Kier molecular flexibility index (Phi) is 5.01. The molecule has 1 saturated carbocycles. The molecule has 0 aromatic carbocycles. The lowest BCUT2D eigenvalue weighted by Gasteiger charge is -2.33. The van der Waals surface area contributed by atoms with Crippen molar-refractivity contribution in [2.24, 2.45) is 0 Å². The van der Waals surface area contributed by atoms with Crippen LogP contribution >= 0.6 is 22.6 Å². The zero-order chi connectivity index (χ0) is 9.73. The minimum absolute atomic E-state index is 0.214. The molecular weight excluding hydrogens is 275 g/mol. The summed E-state index contributed by atoms with van der Waals surface area (Å²) in [7, 11) is 0. The van der Waals surface area contributed by atoms with Gasteiger partial charge in [0.2, 0.25) is 0 Å². The van der Waals surface area contributed by atoms with Crippen molar-refractivity contribution < 1.29 is 4.74 Å². The lowest BCUT2D eigenvalue weighted by Crippen LogP contribution is -2.36. The van der Waals surface area contributed by atoms with Crippen molar-refractivity contribution in [3.05, 3.63) is 0 Å². The van der Waals surface area contributed by atoms with Crippen LogP contribution in [-0.2, 0) is 4.74 Å². The van der Waals surface area contributed by atoms with Crippen molar-refractivity contribution in [1.82, 2.24) is 0 Å². The van der Waals surface area contributed by atoms with Crippen molar-refractivity contribution >= 4 is 22.6 Å². The Balaban J connectivity index is 2.53. The third kappa shape index (κ3) is 3.74. The van der Waals surface area contributed by atoms with Crippen LogP contribution < -0.4 is 0 Å². The molecule has 0 spiro atoms. The predicted molar refractivity (Wildman–Crippen MR) is 65.5 cm³/mol. The molecule has 1 nitrogen and oxygen atoms in total. The molecule has 1 fully saturated rings. The molecule has 2 heteroatoms. The van der Waals surface area contributed by atoms with Crippen LogP contribution in [0.1, 0.15) is 52.4 Å². The van der Waals surface area contributed by atoms with Gasteiger partial charge in [-0.25, -0.2) is 0 Å². The molecule has 0 aromatic heterocycles. The highest BCUT2D eigenvalue weighted by Gasteiger charge is 2.31. The summed E-state index contributed by atoms with van der Waals surface area (Å²) in [4.78, 5) is 0. The Morgan fingerprint density at radius 3 is 2.08 bits per heavy atom. The van der Waals surface area contributed by atoms with Gasteiger partial charge in [0.15, 0.2) is 0 Å². The van der Waals surface area contributed by atoms with Gasteiger partial charge in [0.05, 0.1) is 11.7 Å². The fourth-order valence-electron chi connectivity index (χ4n) is 2.16. The summed E-state index contributed by atoms with van der Waals surface area (Å²) >= 11 is 2.49. The quantitative estimate of drug-likeness (QED) is 0.435. The molecule has 0 aromatic rings. The van der Waals surface area contributed by atoms with Gasteiger partial charge in [-0.05, 0) is 26.7 Å². The van der Waals surface area contributed by atoms with Crippen molar-refractivity contribution in [3.8, 4) is 0 Å². The van der Waals surface area contributed by atoms with E-state index in [0.29, 0.717) is 6.10 Å². The molecule has 0 N–H and O–H groups in total. The van der Waals surface area contributed by atoms with Crippen LogP contribution in [0, 0.1) is 0 Å². The van der Waals surface area contributed by atoms with Gasteiger partial charge < -0.3 is 4.74 Å². The summed E-state index contributed by atoms with van der Waals surface area (Å²) in [6, 6.07) is 0. The summed E-state index contributed by atoms with van der Waals surface area (Å²) < 4.78 is 7.26. The summed E-state index contributed by atoms with van der Waals surface area (Å²) in [5, 5.41) is 0. The second-order valence-electron chi connectivity index (χ2n) is 4.40. The van der Waals surface area contributed by atoms with Crippen LogP contribution in [-0.4, -0.2) is 16.1 Å². The van der Waals surface area contributed by atoms with Gasteiger partial charge in [0, 0.05) is 4.43 Å². The fourth-order valence-corrected chi connectivity index (χ4v) is 3.10. The first-order valence-electron chi connectivity index (χ1n) is 5.42. The molecule has 0 amide bonds. The third-order valence-electron chi connectivity index (χ3n) is 2.74. The van der Waals surface area contributed by atoms with Crippen LogP contribution in [0.25, 0.3) is 0 Å². The van der Waals surface area contributed by atoms with E-state index in [2.05, 4.69) is 36.4 Å². The molecule has 0 atom stereocenters. The smallest absolute Gasteiger partial charge is 0.0775 e. The number of rotatable bonds is 3. The van der Waals surface area contributed by atoms with Gasteiger partial charge >= 0.3 is 0 Å². The molecule has 0 unspecified atom stereocenters. The Hall–Kier alpha value is 0.690. The monoisotopic (exact) mass is 296 g/mol. The first-order valence-corrected chi connectivity index (χ1v) is 6.95. The van der Waals surface area contributed by atoms with Crippen LogP contribution in [0.15, 0.2) is 0 Å². The molecule has 13 heavy (non-hydrogen) atoms. The SMILES string of the molecule is CC(C)OC1(CI)CCCCCC1. The highest BCUT2D eigenvalue weighted by atomic mass is 127. The van der Waals surface area contributed by atoms with Crippen LogP contribution in [0.5, 0.6) is 0 Å². The molecule has 0 radical (unpaired) electrons. The van der Waals surface area contributed by atoms with E-state index < -0.39 is 0 Å². The lowest BCUT2D eigenvalue weighted by molar-refractivity contribution is -0.0711. The van der Waals surface area contributed by atoms with E-state index in [9.17, 15) is 0 Å². The first-order chi connectivity index (χ1) is 6.18. The molecule has 0 aliphatic heterocycles. The lowest BCUT2D eigenvalue weighted by atomic mass is 9.96. The third-order valence-corrected chi connectivity index (χ3v) is 4.13. The zero-order valence-corrected chi connectivity index (χ0v) is 11.0. The second-order valence-corrected chi connectivity index (χ2v) is 5.16. The van der Waals surface area contributed by atoms with Gasteiger partial charge in [-0.2, -0.15) is 0 Å². The highest BCUT2D eigenvalue weighted by Crippen LogP contribution is 2.33. The normalized spacial score (nSPS) is 23.1. The minimum atomic E-state index is 0.214. The average molecular weight is 296 g/mol. The van der Waals surface area contributed by atoms with E-state index in [1.165, 1.54) is 38.5 Å². The molecule has 0 saturated heterocycles.